The highest BCUT2D eigenvalue weighted by atomic mass is 16.3. The van der Waals surface area contributed by atoms with E-state index < -0.39 is 0 Å². The van der Waals surface area contributed by atoms with Crippen LogP contribution in [-0.2, 0) is 11.3 Å². The van der Waals surface area contributed by atoms with Crippen LogP contribution >= 0.6 is 0 Å². The maximum absolute atomic E-state index is 12.4. The second-order valence-corrected chi connectivity index (χ2v) is 6.12. The standard InChI is InChI=1S/C18H24N4O2/c1-15(16-4-6-19-7-5-16)20-13-18(23)22-10-8-21(9-11-22)14-17-3-2-12-24-17/h2-7,12,15,20H,8-11,13-14H2,1H3/t15-/m1/s1. The maximum Gasteiger partial charge on any atom is 0.236 e. The Bertz CT molecular complexity index is 622. The fraction of sp³-hybridized carbons (Fsp3) is 0.444. The minimum Gasteiger partial charge on any atom is -0.468 e. The van der Waals surface area contributed by atoms with Gasteiger partial charge >= 0.3 is 0 Å². The van der Waals surface area contributed by atoms with Crippen molar-refractivity contribution < 1.29 is 9.21 Å². The predicted octanol–water partition coefficient (Wildman–Crippen LogP) is 1.67. The molecule has 0 aromatic carbocycles. The number of hydrogen-bond acceptors (Lipinski definition) is 5. The van der Waals surface area contributed by atoms with Crippen LogP contribution in [0.1, 0.15) is 24.3 Å². The summed E-state index contributed by atoms with van der Waals surface area (Å²) in [4.78, 5) is 20.6. The Labute approximate surface area is 142 Å². The molecule has 2 aromatic rings. The third-order valence-corrected chi connectivity index (χ3v) is 4.45. The van der Waals surface area contributed by atoms with Gasteiger partial charge in [0.05, 0.1) is 19.4 Å². The molecule has 0 radical (unpaired) electrons. The van der Waals surface area contributed by atoms with E-state index >= 15 is 0 Å². The van der Waals surface area contributed by atoms with Crippen LogP contribution in [0.5, 0.6) is 0 Å². The van der Waals surface area contributed by atoms with Gasteiger partial charge < -0.3 is 14.6 Å². The summed E-state index contributed by atoms with van der Waals surface area (Å²) < 4.78 is 5.38. The van der Waals surface area contributed by atoms with Gasteiger partial charge in [0.15, 0.2) is 0 Å². The van der Waals surface area contributed by atoms with E-state index in [0.717, 1.165) is 44.0 Å². The van der Waals surface area contributed by atoms with E-state index in [1.807, 2.05) is 29.2 Å². The molecule has 3 heterocycles. The molecule has 2 aromatic heterocycles. The van der Waals surface area contributed by atoms with Crippen molar-refractivity contribution in [2.24, 2.45) is 0 Å². The van der Waals surface area contributed by atoms with E-state index in [0.29, 0.717) is 6.54 Å². The van der Waals surface area contributed by atoms with Crippen LogP contribution in [0.15, 0.2) is 47.3 Å². The Balaban J connectivity index is 1.40. The number of hydrogen-bond donors (Lipinski definition) is 1. The summed E-state index contributed by atoms with van der Waals surface area (Å²) in [6, 6.07) is 7.97. The molecule has 1 N–H and O–H groups in total. The van der Waals surface area contributed by atoms with Gasteiger partial charge in [-0.25, -0.2) is 0 Å². The zero-order valence-electron chi connectivity index (χ0n) is 14.0. The fourth-order valence-corrected chi connectivity index (χ4v) is 2.90. The Kier molecular flexibility index (Phi) is 5.61. The van der Waals surface area contributed by atoms with E-state index in [1.165, 1.54) is 0 Å². The Morgan fingerprint density at radius 3 is 2.67 bits per heavy atom. The summed E-state index contributed by atoms with van der Waals surface area (Å²) in [6.07, 6.45) is 5.24. The molecule has 0 bridgehead atoms. The number of piperazine rings is 1. The number of amides is 1. The van der Waals surface area contributed by atoms with Crippen LogP contribution in [0.3, 0.4) is 0 Å². The third-order valence-electron chi connectivity index (χ3n) is 4.45. The highest BCUT2D eigenvalue weighted by Crippen LogP contribution is 2.11. The van der Waals surface area contributed by atoms with Crippen molar-refractivity contribution in [2.75, 3.05) is 32.7 Å². The number of furan rings is 1. The number of carbonyl (C=O) groups excluding carboxylic acids is 1. The SMILES string of the molecule is C[C@@H](NCC(=O)N1CCN(Cc2ccco2)CC1)c1ccncc1. The van der Waals surface area contributed by atoms with Gasteiger partial charge in [-0.2, -0.15) is 0 Å². The quantitative estimate of drug-likeness (QED) is 0.874. The van der Waals surface area contributed by atoms with E-state index in [-0.39, 0.29) is 11.9 Å². The molecule has 3 rings (SSSR count). The van der Waals surface area contributed by atoms with E-state index in [1.54, 1.807) is 18.7 Å². The molecule has 24 heavy (non-hydrogen) atoms. The zero-order chi connectivity index (χ0) is 16.8. The first-order valence-corrected chi connectivity index (χ1v) is 8.38. The minimum atomic E-state index is 0.136. The minimum absolute atomic E-state index is 0.136. The van der Waals surface area contributed by atoms with Gasteiger partial charge in [0, 0.05) is 44.6 Å². The molecule has 1 saturated heterocycles. The Hall–Kier alpha value is -2.18. The average Bonchev–Trinajstić information content (AvgIpc) is 3.14. The fourth-order valence-electron chi connectivity index (χ4n) is 2.90. The molecule has 1 aliphatic heterocycles. The molecular formula is C18H24N4O2. The van der Waals surface area contributed by atoms with Crippen molar-refractivity contribution >= 4 is 5.91 Å². The molecule has 1 amide bonds. The van der Waals surface area contributed by atoms with Crippen LogP contribution in [0.4, 0.5) is 0 Å². The number of rotatable bonds is 6. The topological polar surface area (TPSA) is 61.6 Å². The smallest absolute Gasteiger partial charge is 0.236 e. The third kappa shape index (κ3) is 4.43. The molecule has 0 spiro atoms. The Morgan fingerprint density at radius 2 is 2.00 bits per heavy atom. The summed E-state index contributed by atoms with van der Waals surface area (Å²) in [5.41, 5.74) is 1.14. The number of pyridine rings is 1. The first kappa shape index (κ1) is 16.7. The molecule has 6 nitrogen and oxygen atoms in total. The van der Waals surface area contributed by atoms with Crippen LogP contribution in [0, 0.1) is 0 Å². The lowest BCUT2D eigenvalue weighted by atomic mass is 10.1. The number of nitrogens with one attached hydrogen (secondary N) is 1. The number of nitrogens with zero attached hydrogens (tertiary/aromatic N) is 3. The molecule has 1 aliphatic rings. The van der Waals surface area contributed by atoms with Gasteiger partial charge in [0.2, 0.25) is 5.91 Å². The van der Waals surface area contributed by atoms with Gasteiger partial charge in [-0.15, -0.1) is 0 Å². The highest BCUT2D eigenvalue weighted by Gasteiger charge is 2.21. The van der Waals surface area contributed by atoms with Crippen LogP contribution < -0.4 is 5.32 Å². The normalized spacial score (nSPS) is 17.0. The van der Waals surface area contributed by atoms with Gasteiger partial charge in [-0.3, -0.25) is 14.7 Å². The van der Waals surface area contributed by atoms with Gasteiger partial charge in [-0.1, -0.05) is 0 Å². The van der Waals surface area contributed by atoms with Crippen molar-refractivity contribution in [1.82, 2.24) is 20.1 Å². The number of carbonyl (C=O) groups is 1. The molecule has 0 saturated carbocycles. The van der Waals surface area contributed by atoms with Crippen molar-refractivity contribution in [3.8, 4) is 0 Å². The van der Waals surface area contributed by atoms with Gasteiger partial charge in [0.25, 0.3) is 0 Å². The number of aromatic nitrogens is 1. The molecule has 1 fully saturated rings. The second kappa shape index (κ2) is 8.08. The highest BCUT2D eigenvalue weighted by molar-refractivity contribution is 5.78. The lowest BCUT2D eigenvalue weighted by Crippen LogP contribution is -2.50. The molecule has 6 heteroatoms. The summed E-state index contributed by atoms with van der Waals surface area (Å²) in [6.45, 7) is 6.53. The summed E-state index contributed by atoms with van der Waals surface area (Å²) in [5.74, 6) is 1.14. The Morgan fingerprint density at radius 1 is 1.25 bits per heavy atom. The maximum atomic E-state index is 12.4. The summed E-state index contributed by atoms with van der Waals surface area (Å²) in [7, 11) is 0. The van der Waals surface area contributed by atoms with E-state index in [9.17, 15) is 4.79 Å². The van der Waals surface area contributed by atoms with Crippen molar-refractivity contribution in [3.05, 3.63) is 54.2 Å². The van der Waals surface area contributed by atoms with Crippen molar-refractivity contribution in [1.29, 1.82) is 0 Å². The van der Waals surface area contributed by atoms with Crippen molar-refractivity contribution in [3.63, 3.8) is 0 Å². The van der Waals surface area contributed by atoms with Crippen LogP contribution in [0.25, 0.3) is 0 Å². The predicted molar refractivity (Wildman–Crippen MR) is 91.2 cm³/mol. The van der Waals surface area contributed by atoms with E-state index in [4.69, 9.17) is 4.42 Å². The molecule has 128 valence electrons. The largest absolute Gasteiger partial charge is 0.468 e. The second-order valence-electron chi connectivity index (χ2n) is 6.12. The summed E-state index contributed by atoms with van der Waals surface area (Å²) >= 11 is 0. The molecule has 0 aliphatic carbocycles. The van der Waals surface area contributed by atoms with Crippen LogP contribution in [0.2, 0.25) is 0 Å². The van der Waals surface area contributed by atoms with Crippen molar-refractivity contribution in [2.45, 2.75) is 19.5 Å². The summed E-state index contributed by atoms with van der Waals surface area (Å²) in [5, 5.41) is 3.30. The zero-order valence-corrected chi connectivity index (χ0v) is 14.0. The van der Waals surface area contributed by atoms with Gasteiger partial charge in [0.1, 0.15) is 5.76 Å². The molecule has 1 atom stereocenters. The van der Waals surface area contributed by atoms with E-state index in [2.05, 4.69) is 22.1 Å². The monoisotopic (exact) mass is 328 g/mol. The molecular weight excluding hydrogens is 304 g/mol. The first-order valence-electron chi connectivity index (χ1n) is 8.38. The average molecular weight is 328 g/mol. The molecule has 0 unspecified atom stereocenters. The van der Waals surface area contributed by atoms with Gasteiger partial charge in [-0.05, 0) is 36.8 Å². The lowest BCUT2D eigenvalue weighted by Gasteiger charge is -2.34. The lowest BCUT2D eigenvalue weighted by molar-refractivity contribution is -0.132. The first-order chi connectivity index (χ1) is 11.7. The van der Waals surface area contributed by atoms with Crippen LogP contribution in [-0.4, -0.2) is 53.4 Å².